The Kier molecular flexibility index (Phi) is 48.3. The van der Waals surface area contributed by atoms with E-state index in [4.69, 9.17) is 13.8 Å². The van der Waals surface area contributed by atoms with E-state index in [1.165, 1.54) is 96.3 Å². The summed E-state index contributed by atoms with van der Waals surface area (Å²) >= 11 is 0. The molecule has 0 aliphatic rings. The maximum atomic E-state index is 13.4. The Morgan fingerprint density at radius 1 is 0.507 bits per heavy atom. The first-order chi connectivity index (χ1) is 34.4. The first kappa shape index (κ1) is 67.9. The smallest absolute Gasteiger partial charge is 0.306 e. The maximum absolute atomic E-state index is 13.4. The fourth-order valence-electron chi connectivity index (χ4n) is 7.60. The summed E-state index contributed by atoms with van der Waals surface area (Å²) in [7, 11) is 1.12. The summed E-state index contributed by atoms with van der Waals surface area (Å²) in [5.74, 6) is -0.663. The summed E-state index contributed by atoms with van der Waals surface area (Å²) in [6.07, 6.45) is 66.8. The van der Waals surface area contributed by atoms with E-state index in [-0.39, 0.29) is 31.3 Å². The molecular weight excluding hydrogens is 904 g/mol. The highest BCUT2D eigenvalue weighted by atomic mass is 31.2. The number of carbonyl (C=O) groups excluding carboxylic acids is 2. The third-order valence-electron chi connectivity index (χ3n) is 12.0. The van der Waals surface area contributed by atoms with Gasteiger partial charge < -0.3 is 28.5 Å². The zero-order chi connectivity index (χ0) is 52.2. The van der Waals surface area contributed by atoms with Gasteiger partial charge in [-0.2, -0.15) is 0 Å². The molecule has 0 saturated heterocycles. The first-order valence-electron chi connectivity index (χ1n) is 28.5. The average molecular weight is 1010 g/mol. The molecule has 1 amide bonds. The molecule has 3 atom stereocenters. The van der Waals surface area contributed by atoms with Crippen LogP contribution in [0.5, 0.6) is 0 Å². The SMILES string of the molecule is CC/C=C\C/C=C\C/C=C\C/C=C\C/C=C\C/C=C\CCC(=O)NC(COP(=O)([O-])OCC[N+](C)(C)C)C(/C=C\CCCCCCCCCCCC)OC(=O)CCCCC/C=C\CCCCCCCCC. The van der Waals surface area contributed by atoms with Crippen LogP contribution in [0.1, 0.15) is 226 Å². The Balaban J connectivity index is 5.50. The van der Waals surface area contributed by atoms with Crippen molar-refractivity contribution in [3.63, 3.8) is 0 Å². The Bertz CT molecular complexity index is 1540. The third kappa shape index (κ3) is 51.6. The van der Waals surface area contributed by atoms with Gasteiger partial charge in [-0.05, 0) is 96.0 Å². The number of esters is 1. The number of phosphoric ester groups is 1. The van der Waals surface area contributed by atoms with Gasteiger partial charge in [-0.1, -0.05) is 215 Å². The van der Waals surface area contributed by atoms with Crippen molar-refractivity contribution in [1.82, 2.24) is 5.32 Å². The van der Waals surface area contributed by atoms with Gasteiger partial charge in [0.25, 0.3) is 7.82 Å². The molecule has 0 radical (unpaired) electrons. The number of allylic oxidation sites excluding steroid dienone is 15. The predicted octanol–water partition coefficient (Wildman–Crippen LogP) is 16.6. The van der Waals surface area contributed by atoms with Crippen molar-refractivity contribution in [2.45, 2.75) is 238 Å². The molecule has 0 heterocycles. The van der Waals surface area contributed by atoms with Crippen LogP contribution in [0.3, 0.4) is 0 Å². The number of ether oxygens (including phenoxy) is 1. The number of quaternary nitrogens is 1. The van der Waals surface area contributed by atoms with Gasteiger partial charge in [0.15, 0.2) is 0 Å². The molecule has 3 unspecified atom stereocenters. The number of hydrogen-bond acceptors (Lipinski definition) is 7. The molecule has 0 rings (SSSR count). The lowest BCUT2D eigenvalue weighted by atomic mass is 10.1. The molecule has 0 aromatic carbocycles. The van der Waals surface area contributed by atoms with Gasteiger partial charge in [-0.3, -0.25) is 14.2 Å². The minimum absolute atomic E-state index is 0.0422. The number of amides is 1. The van der Waals surface area contributed by atoms with E-state index in [0.717, 1.165) is 83.5 Å². The average Bonchev–Trinajstić information content (AvgIpc) is 3.33. The van der Waals surface area contributed by atoms with Gasteiger partial charge in [-0.25, -0.2) is 0 Å². The second-order valence-electron chi connectivity index (χ2n) is 20.1. The molecular formula is C61H107N2O7P. The van der Waals surface area contributed by atoms with Crippen molar-refractivity contribution in [1.29, 1.82) is 0 Å². The Hall–Kier alpha value is -3.07. The molecule has 0 saturated carbocycles. The van der Waals surface area contributed by atoms with Gasteiger partial charge in [0.1, 0.15) is 19.3 Å². The highest BCUT2D eigenvalue weighted by molar-refractivity contribution is 7.45. The molecule has 0 aromatic heterocycles. The molecule has 0 aliphatic carbocycles. The molecule has 0 bridgehead atoms. The van der Waals surface area contributed by atoms with Crippen LogP contribution in [0.2, 0.25) is 0 Å². The normalized spacial score (nSPS) is 14.5. The summed E-state index contributed by atoms with van der Waals surface area (Å²) in [6.45, 7) is 6.63. The van der Waals surface area contributed by atoms with E-state index in [0.29, 0.717) is 23.9 Å². The number of unbranched alkanes of at least 4 members (excludes halogenated alkanes) is 20. The van der Waals surface area contributed by atoms with Crippen molar-refractivity contribution < 1.29 is 37.3 Å². The fourth-order valence-corrected chi connectivity index (χ4v) is 8.32. The lowest BCUT2D eigenvalue weighted by molar-refractivity contribution is -0.870. The summed E-state index contributed by atoms with van der Waals surface area (Å²) in [5, 5.41) is 2.96. The Morgan fingerprint density at radius 3 is 1.38 bits per heavy atom. The third-order valence-corrected chi connectivity index (χ3v) is 13.0. The standard InChI is InChI=1S/C61H107N2O7P/c1-7-10-13-16-19-22-25-28-30-31-32-33-34-35-38-41-44-47-50-53-60(64)62-58(57-69-71(66,67)68-56-55-63(4,5)6)59(52-49-46-43-40-37-27-24-21-18-15-12-9-3)70-61(65)54-51-48-45-42-39-36-29-26-23-20-17-14-11-8-2/h10,13,19,22,28,30,32-33,35-36,38-39,44,47,49,52,58-59H,7-9,11-12,14-18,20-21,23-27,29,31,34,37,40-43,45-46,48,50-51,53-57H2,1-6H3,(H-,62,64,66,67)/b13-10-,22-19-,30-28-,33-32-,38-35-,39-36-,47-44-,52-49-. The van der Waals surface area contributed by atoms with Crippen molar-refractivity contribution in [3.8, 4) is 0 Å². The number of carbonyl (C=O) groups is 2. The Morgan fingerprint density at radius 2 is 0.915 bits per heavy atom. The minimum Gasteiger partial charge on any atom is -0.756 e. The second-order valence-corrected chi connectivity index (χ2v) is 21.5. The number of nitrogens with one attached hydrogen (secondary N) is 1. The molecule has 0 spiro atoms. The summed E-state index contributed by atoms with van der Waals surface area (Å²) in [4.78, 5) is 39.8. The minimum atomic E-state index is -4.72. The van der Waals surface area contributed by atoms with Crippen LogP contribution in [0.4, 0.5) is 0 Å². The van der Waals surface area contributed by atoms with E-state index in [1.807, 2.05) is 39.4 Å². The van der Waals surface area contributed by atoms with Crippen LogP contribution in [0.25, 0.3) is 0 Å². The van der Waals surface area contributed by atoms with Gasteiger partial charge in [0, 0.05) is 12.8 Å². The van der Waals surface area contributed by atoms with Crippen LogP contribution in [-0.4, -0.2) is 69.4 Å². The van der Waals surface area contributed by atoms with E-state index in [9.17, 15) is 19.0 Å². The lowest BCUT2D eigenvalue weighted by Gasteiger charge is -2.30. The van der Waals surface area contributed by atoms with Crippen LogP contribution < -0.4 is 10.2 Å². The van der Waals surface area contributed by atoms with Crippen molar-refractivity contribution >= 4 is 19.7 Å². The maximum Gasteiger partial charge on any atom is 0.306 e. The molecule has 0 fully saturated rings. The van der Waals surface area contributed by atoms with Crippen LogP contribution in [0.15, 0.2) is 97.2 Å². The summed E-state index contributed by atoms with van der Waals surface area (Å²) in [5.41, 5.74) is 0. The van der Waals surface area contributed by atoms with Gasteiger partial charge in [0.2, 0.25) is 5.91 Å². The van der Waals surface area contributed by atoms with E-state index >= 15 is 0 Å². The molecule has 71 heavy (non-hydrogen) atoms. The highest BCUT2D eigenvalue weighted by Crippen LogP contribution is 2.38. The predicted molar refractivity (Wildman–Crippen MR) is 302 cm³/mol. The lowest BCUT2D eigenvalue weighted by Crippen LogP contribution is -2.47. The number of hydrogen-bond donors (Lipinski definition) is 1. The largest absolute Gasteiger partial charge is 0.756 e. The monoisotopic (exact) mass is 1010 g/mol. The quantitative estimate of drug-likeness (QED) is 0.0212. The second kappa shape index (κ2) is 50.5. The van der Waals surface area contributed by atoms with E-state index in [1.54, 1.807) is 6.08 Å². The van der Waals surface area contributed by atoms with E-state index < -0.39 is 26.6 Å². The molecule has 0 aromatic rings. The Labute approximate surface area is 437 Å². The number of phosphoric acid groups is 1. The van der Waals surface area contributed by atoms with E-state index in [2.05, 4.69) is 99.0 Å². The summed E-state index contributed by atoms with van der Waals surface area (Å²) in [6, 6.07) is -0.938. The molecule has 0 aliphatic heterocycles. The van der Waals surface area contributed by atoms with Crippen molar-refractivity contribution in [2.75, 3.05) is 40.9 Å². The number of likely N-dealkylation sites (N-methyl/N-ethyl adjacent to an activating group) is 1. The zero-order valence-corrected chi connectivity index (χ0v) is 47.3. The number of nitrogens with zero attached hydrogens (tertiary/aromatic N) is 1. The molecule has 9 nitrogen and oxygen atoms in total. The molecule has 1 N–H and O–H groups in total. The van der Waals surface area contributed by atoms with Crippen molar-refractivity contribution in [3.05, 3.63) is 97.2 Å². The van der Waals surface area contributed by atoms with Crippen LogP contribution >= 0.6 is 7.82 Å². The number of rotatable bonds is 50. The highest BCUT2D eigenvalue weighted by Gasteiger charge is 2.27. The first-order valence-corrected chi connectivity index (χ1v) is 30.0. The van der Waals surface area contributed by atoms with Crippen LogP contribution in [0, 0.1) is 0 Å². The zero-order valence-electron chi connectivity index (χ0n) is 46.4. The van der Waals surface area contributed by atoms with Crippen LogP contribution in [-0.2, 0) is 27.9 Å². The molecule has 408 valence electrons. The van der Waals surface area contributed by atoms with Gasteiger partial charge in [-0.15, -0.1) is 0 Å². The topological polar surface area (TPSA) is 114 Å². The van der Waals surface area contributed by atoms with Crippen molar-refractivity contribution in [2.24, 2.45) is 0 Å². The van der Waals surface area contributed by atoms with Gasteiger partial charge >= 0.3 is 5.97 Å². The van der Waals surface area contributed by atoms with Gasteiger partial charge in [0.05, 0.1) is 33.8 Å². The fraction of sp³-hybridized carbons (Fsp3) is 0.705. The molecule has 10 heteroatoms. The summed E-state index contributed by atoms with van der Waals surface area (Å²) < 4.78 is 30.1.